The maximum atomic E-state index is 12.7. The standard InChI is InChI=1S/C18H18N2O4S2/c1-14-6-8-17(9-7-14)26(22,23)19-18(21)20(12-15-4-2-10-24-15)13-16-5-3-11-25-16/h2-11H,12-13H2,1H3,(H,19,21). The first-order chi connectivity index (χ1) is 12.4. The van der Waals surface area contributed by atoms with Gasteiger partial charge in [-0.2, -0.15) is 0 Å². The van der Waals surface area contributed by atoms with Crippen molar-refractivity contribution in [3.8, 4) is 0 Å². The average Bonchev–Trinajstić information content (AvgIpc) is 3.28. The summed E-state index contributed by atoms with van der Waals surface area (Å²) in [4.78, 5) is 15.0. The van der Waals surface area contributed by atoms with Gasteiger partial charge in [-0.05, 0) is 42.6 Å². The Morgan fingerprint density at radius 3 is 2.50 bits per heavy atom. The maximum Gasteiger partial charge on any atom is 0.332 e. The Labute approximate surface area is 156 Å². The molecule has 3 aromatic rings. The Balaban J connectivity index is 1.78. The zero-order chi connectivity index (χ0) is 18.6. The molecule has 0 atom stereocenters. The number of sulfonamides is 1. The molecule has 26 heavy (non-hydrogen) atoms. The fourth-order valence-corrected chi connectivity index (χ4v) is 4.03. The van der Waals surface area contributed by atoms with Crippen LogP contribution in [0, 0.1) is 6.92 Å². The van der Waals surface area contributed by atoms with Crippen LogP contribution in [0.3, 0.4) is 0 Å². The molecule has 0 unspecified atom stereocenters. The molecular weight excluding hydrogens is 372 g/mol. The molecule has 2 heterocycles. The predicted octanol–water partition coefficient (Wildman–Crippen LogP) is 3.75. The number of nitrogens with one attached hydrogen (secondary N) is 1. The molecule has 136 valence electrons. The summed E-state index contributed by atoms with van der Waals surface area (Å²) in [7, 11) is -3.95. The van der Waals surface area contributed by atoms with Crippen LogP contribution in [0.15, 0.2) is 69.5 Å². The first-order valence-corrected chi connectivity index (χ1v) is 10.2. The minimum absolute atomic E-state index is 0.0468. The van der Waals surface area contributed by atoms with Gasteiger partial charge >= 0.3 is 6.03 Å². The van der Waals surface area contributed by atoms with Crippen molar-refractivity contribution in [1.82, 2.24) is 9.62 Å². The number of amides is 2. The van der Waals surface area contributed by atoms with Crippen LogP contribution in [0.4, 0.5) is 4.79 Å². The Hall–Kier alpha value is -2.58. The van der Waals surface area contributed by atoms with E-state index in [2.05, 4.69) is 4.72 Å². The largest absolute Gasteiger partial charge is 0.467 e. The molecule has 0 saturated heterocycles. The second-order valence-corrected chi connectivity index (χ2v) is 8.45. The third-order valence-corrected chi connectivity index (χ3v) is 5.89. The fraction of sp³-hybridized carbons (Fsp3) is 0.167. The van der Waals surface area contributed by atoms with Crippen LogP contribution in [0.1, 0.15) is 16.2 Å². The number of urea groups is 1. The molecule has 8 heteroatoms. The van der Waals surface area contributed by atoms with Crippen molar-refractivity contribution in [3.63, 3.8) is 0 Å². The summed E-state index contributed by atoms with van der Waals surface area (Å²) in [6, 6.07) is 12.9. The molecular formula is C18H18N2O4S2. The van der Waals surface area contributed by atoms with Crippen LogP contribution >= 0.6 is 11.3 Å². The number of rotatable bonds is 6. The van der Waals surface area contributed by atoms with Gasteiger partial charge in [-0.1, -0.05) is 23.8 Å². The topological polar surface area (TPSA) is 79.6 Å². The van der Waals surface area contributed by atoms with Crippen LogP contribution in [0.5, 0.6) is 0 Å². The SMILES string of the molecule is Cc1ccc(S(=O)(=O)NC(=O)N(Cc2ccco2)Cc2cccs2)cc1. The molecule has 6 nitrogen and oxygen atoms in total. The number of nitrogens with zero attached hydrogens (tertiary/aromatic N) is 1. The van der Waals surface area contributed by atoms with E-state index in [0.717, 1.165) is 10.4 Å². The number of thiophene rings is 1. The van der Waals surface area contributed by atoms with Gasteiger partial charge < -0.3 is 9.32 Å². The van der Waals surface area contributed by atoms with Crippen LogP contribution in [0.2, 0.25) is 0 Å². The van der Waals surface area contributed by atoms with Gasteiger partial charge in [0.05, 0.1) is 24.2 Å². The van der Waals surface area contributed by atoms with E-state index in [1.165, 1.54) is 34.6 Å². The number of hydrogen-bond donors (Lipinski definition) is 1. The number of hydrogen-bond acceptors (Lipinski definition) is 5. The Kier molecular flexibility index (Phi) is 5.43. The first-order valence-electron chi connectivity index (χ1n) is 7.87. The summed E-state index contributed by atoms with van der Waals surface area (Å²) in [6.45, 7) is 2.31. The van der Waals surface area contributed by atoms with Gasteiger partial charge in [-0.15, -0.1) is 11.3 Å². The summed E-state index contributed by atoms with van der Waals surface area (Å²) >= 11 is 1.50. The van der Waals surface area contributed by atoms with Gasteiger partial charge in [-0.25, -0.2) is 17.9 Å². The zero-order valence-corrected chi connectivity index (χ0v) is 15.7. The molecule has 3 rings (SSSR count). The average molecular weight is 390 g/mol. The van der Waals surface area contributed by atoms with E-state index in [0.29, 0.717) is 5.76 Å². The number of carbonyl (C=O) groups excluding carboxylic acids is 1. The van der Waals surface area contributed by atoms with E-state index in [9.17, 15) is 13.2 Å². The molecule has 2 amide bonds. The molecule has 0 radical (unpaired) electrons. The summed E-state index contributed by atoms with van der Waals surface area (Å²) in [5.74, 6) is 0.574. The molecule has 1 N–H and O–H groups in total. The lowest BCUT2D eigenvalue weighted by Crippen LogP contribution is -2.41. The number of benzene rings is 1. The molecule has 0 fully saturated rings. The van der Waals surface area contributed by atoms with Gasteiger partial charge in [0, 0.05) is 4.88 Å². The monoisotopic (exact) mass is 390 g/mol. The lowest BCUT2D eigenvalue weighted by molar-refractivity contribution is 0.194. The second-order valence-electron chi connectivity index (χ2n) is 5.74. The van der Waals surface area contributed by atoms with Gasteiger partial charge in [0.1, 0.15) is 5.76 Å². The lowest BCUT2D eigenvalue weighted by atomic mass is 10.2. The normalized spacial score (nSPS) is 11.3. The fourth-order valence-electron chi connectivity index (χ4n) is 2.34. The molecule has 2 aromatic heterocycles. The van der Waals surface area contributed by atoms with E-state index in [-0.39, 0.29) is 18.0 Å². The van der Waals surface area contributed by atoms with E-state index >= 15 is 0 Å². The van der Waals surface area contributed by atoms with Crippen molar-refractivity contribution < 1.29 is 17.6 Å². The van der Waals surface area contributed by atoms with Crippen molar-refractivity contribution in [1.29, 1.82) is 0 Å². The summed E-state index contributed by atoms with van der Waals surface area (Å²) in [6.07, 6.45) is 1.51. The Bertz CT molecular complexity index is 911. The highest BCUT2D eigenvalue weighted by atomic mass is 32.2. The van der Waals surface area contributed by atoms with Crippen LogP contribution < -0.4 is 4.72 Å². The smallest absolute Gasteiger partial charge is 0.332 e. The molecule has 0 aliphatic carbocycles. The van der Waals surface area contributed by atoms with Gasteiger partial charge in [0.15, 0.2) is 0 Å². The summed E-state index contributed by atoms with van der Waals surface area (Å²) in [5.41, 5.74) is 0.937. The first kappa shape index (κ1) is 18.2. The molecule has 0 aliphatic heterocycles. The molecule has 0 spiro atoms. The number of carbonyl (C=O) groups is 1. The molecule has 0 aliphatic rings. The molecule has 0 bridgehead atoms. The maximum absolute atomic E-state index is 12.7. The highest BCUT2D eigenvalue weighted by Gasteiger charge is 2.23. The molecule has 1 aromatic carbocycles. The highest BCUT2D eigenvalue weighted by Crippen LogP contribution is 2.16. The van der Waals surface area contributed by atoms with E-state index in [1.54, 1.807) is 24.3 Å². The van der Waals surface area contributed by atoms with E-state index in [1.807, 2.05) is 24.4 Å². The second kappa shape index (κ2) is 7.76. The molecule has 0 saturated carbocycles. The third-order valence-electron chi connectivity index (χ3n) is 3.69. The van der Waals surface area contributed by atoms with Gasteiger partial charge in [-0.3, -0.25) is 0 Å². The van der Waals surface area contributed by atoms with Crippen molar-refractivity contribution in [2.45, 2.75) is 24.9 Å². The summed E-state index contributed by atoms with van der Waals surface area (Å²) in [5, 5.41) is 1.90. The van der Waals surface area contributed by atoms with Crippen molar-refractivity contribution in [2.75, 3.05) is 0 Å². The highest BCUT2D eigenvalue weighted by molar-refractivity contribution is 7.90. The minimum Gasteiger partial charge on any atom is -0.467 e. The van der Waals surface area contributed by atoms with Crippen molar-refractivity contribution in [3.05, 3.63) is 76.4 Å². The summed E-state index contributed by atoms with van der Waals surface area (Å²) < 4.78 is 32.4. The van der Waals surface area contributed by atoms with Gasteiger partial charge in [0.25, 0.3) is 10.0 Å². The van der Waals surface area contributed by atoms with Gasteiger partial charge in [0.2, 0.25) is 0 Å². The quantitative estimate of drug-likeness (QED) is 0.695. The van der Waals surface area contributed by atoms with Crippen LogP contribution in [-0.4, -0.2) is 19.3 Å². The Morgan fingerprint density at radius 1 is 1.12 bits per heavy atom. The number of aryl methyl sites for hydroxylation is 1. The van der Waals surface area contributed by atoms with E-state index < -0.39 is 16.1 Å². The van der Waals surface area contributed by atoms with Crippen molar-refractivity contribution in [2.24, 2.45) is 0 Å². The third kappa shape index (κ3) is 4.53. The predicted molar refractivity (Wildman–Crippen MR) is 99.2 cm³/mol. The zero-order valence-electron chi connectivity index (χ0n) is 14.1. The van der Waals surface area contributed by atoms with Crippen LogP contribution in [-0.2, 0) is 23.1 Å². The van der Waals surface area contributed by atoms with Crippen molar-refractivity contribution >= 4 is 27.4 Å². The van der Waals surface area contributed by atoms with E-state index in [4.69, 9.17) is 4.42 Å². The Morgan fingerprint density at radius 2 is 1.88 bits per heavy atom. The minimum atomic E-state index is -3.95. The lowest BCUT2D eigenvalue weighted by Gasteiger charge is -2.21. The number of furan rings is 1. The van der Waals surface area contributed by atoms with Crippen LogP contribution in [0.25, 0.3) is 0 Å².